The molecular formula is C10H12ClNO3S2. The summed E-state index contributed by atoms with van der Waals surface area (Å²) in [7, 11) is 0. The van der Waals surface area contributed by atoms with Gasteiger partial charge in [0.2, 0.25) is 6.41 Å². The Morgan fingerprint density at radius 1 is 1.65 bits per heavy atom. The smallest absolute Gasteiger partial charge is 0.326 e. The lowest BCUT2D eigenvalue weighted by atomic mass is 10.2. The number of rotatable bonds is 8. The van der Waals surface area contributed by atoms with Crippen molar-refractivity contribution >= 4 is 47.1 Å². The molecule has 0 aliphatic carbocycles. The molecule has 1 atom stereocenters. The highest BCUT2D eigenvalue weighted by atomic mass is 35.5. The van der Waals surface area contributed by atoms with E-state index >= 15 is 0 Å². The number of carboxylic acids is 1. The molecule has 1 unspecified atom stereocenters. The number of amides is 1. The van der Waals surface area contributed by atoms with Gasteiger partial charge in [-0.1, -0.05) is 11.6 Å². The number of thioether (sulfide) groups is 1. The number of carbonyl (C=O) groups excluding carboxylic acids is 1. The van der Waals surface area contributed by atoms with E-state index in [1.165, 1.54) is 11.3 Å². The van der Waals surface area contributed by atoms with E-state index < -0.39 is 12.0 Å². The Morgan fingerprint density at radius 2 is 2.41 bits per heavy atom. The molecule has 17 heavy (non-hydrogen) atoms. The van der Waals surface area contributed by atoms with E-state index in [1.54, 1.807) is 11.8 Å². The van der Waals surface area contributed by atoms with E-state index in [0.717, 1.165) is 15.0 Å². The number of hydrogen-bond donors (Lipinski definition) is 2. The van der Waals surface area contributed by atoms with Crippen molar-refractivity contribution in [1.29, 1.82) is 0 Å². The van der Waals surface area contributed by atoms with Crippen LogP contribution in [-0.2, 0) is 15.3 Å². The Morgan fingerprint density at radius 3 is 2.94 bits per heavy atom. The maximum atomic E-state index is 10.7. The predicted molar refractivity (Wildman–Crippen MR) is 70.7 cm³/mol. The van der Waals surface area contributed by atoms with E-state index in [1.807, 2.05) is 12.1 Å². The third kappa shape index (κ3) is 5.43. The molecule has 0 aromatic carbocycles. The number of nitrogens with one attached hydrogen (secondary N) is 1. The zero-order chi connectivity index (χ0) is 12.7. The molecular weight excluding hydrogens is 282 g/mol. The van der Waals surface area contributed by atoms with Crippen LogP contribution >= 0.6 is 34.7 Å². The standard InChI is InChI=1S/C10H12ClNO3S2/c11-9-2-1-7(17-9)5-16-4-3-8(10(14)15)12-6-13/h1-2,6,8H,3-5H2,(H,12,13)(H,14,15). The van der Waals surface area contributed by atoms with Gasteiger partial charge in [-0.25, -0.2) is 4.79 Å². The first kappa shape index (κ1) is 14.3. The predicted octanol–water partition coefficient (Wildman–Crippen LogP) is 2.22. The topological polar surface area (TPSA) is 66.4 Å². The Labute approximate surface area is 112 Å². The molecule has 1 heterocycles. The average molecular weight is 294 g/mol. The van der Waals surface area contributed by atoms with Crippen LogP contribution in [0.25, 0.3) is 0 Å². The zero-order valence-corrected chi connectivity index (χ0v) is 11.3. The second-order valence-corrected chi connectivity index (χ2v) is 6.13. The molecule has 1 rings (SSSR count). The second-order valence-electron chi connectivity index (χ2n) is 3.22. The molecule has 0 aliphatic rings. The van der Waals surface area contributed by atoms with Gasteiger partial charge in [-0.2, -0.15) is 11.8 Å². The maximum Gasteiger partial charge on any atom is 0.326 e. The third-order valence-corrected chi connectivity index (χ3v) is 4.44. The van der Waals surface area contributed by atoms with Crippen LogP contribution in [0.3, 0.4) is 0 Å². The van der Waals surface area contributed by atoms with Gasteiger partial charge in [0.05, 0.1) is 4.34 Å². The number of carbonyl (C=O) groups is 2. The number of carboxylic acid groups (broad SMARTS) is 1. The average Bonchev–Trinajstić information content (AvgIpc) is 2.68. The molecule has 7 heteroatoms. The molecule has 0 saturated carbocycles. The van der Waals surface area contributed by atoms with Crippen LogP contribution in [0, 0.1) is 0 Å². The van der Waals surface area contributed by atoms with Gasteiger partial charge in [-0.15, -0.1) is 11.3 Å². The molecule has 0 aliphatic heterocycles. The molecule has 0 fully saturated rings. The van der Waals surface area contributed by atoms with E-state index in [2.05, 4.69) is 5.32 Å². The van der Waals surface area contributed by atoms with Crippen molar-refractivity contribution in [2.75, 3.05) is 5.75 Å². The van der Waals surface area contributed by atoms with Gasteiger partial charge in [-0.3, -0.25) is 4.79 Å². The summed E-state index contributed by atoms with van der Waals surface area (Å²) in [6.45, 7) is 0. The fourth-order valence-corrected chi connectivity index (χ4v) is 3.38. The second kappa shape index (κ2) is 7.58. The SMILES string of the molecule is O=CNC(CCSCc1ccc(Cl)s1)C(=O)O. The minimum absolute atomic E-state index is 0.415. The van der Waals surface area contributed by atoms with Crippen molar-refractivity contribution in [2.24, 2.45) is 0 Å². The van der Waals surface area contributed by atoms with Gasteiger partial charge in [-0.05, 0) is 24.3 Å². The normalized spacial score (nSPS) is 12.1. The van der Waals surface area contributed by atoms with Gasteiger partial charge in [0.25, 0.3) is 0 Å². The molecule has 1 aromatic rings. The van der Waals surface area contributed by atoms with Crippen LogP contribution in [-0.4, -0.2) is 29.3 Å². The van der Waals surface area contributed by atoms with E-state index in [-0.39, 0.29) is 0 Å². The van der Waals surface area contributed by atoms with Crippen LogP contribution in [0.5, 0.6) is 0 Å². The van der Waals surface area contributed by atoms with E-state index in [9.17, 15) is 9.59 Å². The molecule has 1 amide bonds. The van der Waals surface area contributed by atoms with Gasteiger partial charge in [0.1, 0.15) is 6.04 Å². The minimum Gasteiger partial charge on any atom is -0.480 e. The summed E-state index contributed by atoms with van der Waals surface area (Å²) < 4.78 is 0.756. The van der Waals surface area contributed by atoms with Crippen LogP contribution in [0.15, 0.2) is 12.1 Å². The Hall–Kier alpha value is -0.720. The fraction of sp³-hybridized carbons (Fsp3) is 0.400. The quantitative estimate of drug-likeness (QED) is 0.570. The van der Waals surface area contributed by atoms with Crippen molar-refractivity contribution < 1.29 is 14.7 Å². The zero-order valence-electron chi connectivity index (χ0n) is 8.89. The van der Waals surface area contributed by atoms with Gasteiger partial charge < -0.3 is 10.4 Å². The van der Waals surface area contributed by atoms with Gasteiger partial charge in [0, 0.05) is 10.6 Å². The first-order valence-electron chi connectivity index (χ1n) is 4.88. The molecule has 0 saturated heterocycles. The Bertz CT molecular complexity index is 383. The Kier molecular flexibility index (Phi) is 6.39. The highest BCUT2D eigenvalue weighted by Crippen LogP contribution is 2.25. The Balaban J connectivity index is 2.22. The number of aliphatic carboxylic acids is 1. The van der Waals surface area contributed by atoms with E-state index in [0.29, 0.717) is 18.6 Å². The summed E-state index contributed by atoms with van der Waals surface area (Å²) in [5.41, 5.74) is 0. The summed E-state index contributed by atoms with van der Waals surface area (Å²) in [6, 6.07) is 3.00. The molecule has 94 valence electrons. The van der Waals surface area contributed by atoms with Crippen molar-refractivity contribution in [3.05, 3.63) is 21.3 Å². The van der Waals surface area contributed by atoms with Crippen molar-refractivity contribution in [1.82, 2.24) is 5.32 Å². The minimum atomic E-state index is -1.00. The number of hydrogen-bond acceptors (Lipinski definition) is 4. The summed E-state index contributed by atoms with van der Waals surface area (Å²) >= 11 is 8.93. The summed E-state index contributed by atoms with van der Waals surface area (Å²) in [5, 5.41) is 11.1. The van der Waals surface area contributed by atoms with Crippen LogP contribution in [0.1, 0.15) is 11.3 Å². The molecule has 2 N–H and O–H groups in total. The monoisotopic (exact) mass is 293 g/mol. The first-order valence-corrected chi connectivity index (χ1v) is 7.23. The number of thiophene rings is 1. The summed E-state index contributed by atoms with van der Waals surface area (Å²) in [4.78, 5) is 22.1. The molecule has 0 bridgehead atoms. The highest BCUT2D eigenvalue weighted by molar-refractivity contribution is 7.98. The summed E-state index contributed by atoms with van der Waals surface area (Å²) in [5.74, 6) is 0.481. The van der Waals surface area contributed by atoms with Crippen molar-refractivity contribution in [3.8, 4) is 0 Å². The van der Waals surface area contributed by atoms with Gasteiger partial charge >= 0.3 is 5.97 Å². The largest absolute Gasteiger partial charge is 0.480 e. The van der Waals surface area contributed by atoms with Crippen LogP contribution in [0.4, 0.5) is 0 Å². The lowest BCUT2D eigenvalue weighted by molar-refractivity contribution is -0.140. The van der Waals surface area contributed by atoms with Crippen LogP contribution < -0.4 is 5.32 Å². The maximum absolute atomic E-state index is 10.7. The lowest BCUT2D eigenvalue weighted by Crippen LogP contribution is -2.36. The molecule has 0 spiro atoms. The molecule has 4 nitrogen and oxygen atoms in total. The van der Waals surface area contributed by atoms with Gasteiger partial charge in [0.15, 0.2) is 0 Å². The van der Waals surface area contributed by atoms with Crippen LogP contribution in [0.2, 0.25) is 4.34 Å². The highest BCUT2D eigenvalue weighted by Gasteiger charge is 2.15. The molecule has 0 radical (unpaired) electrons. The number of halogens is 1. The third-order valence-electron chi connectivity index (χ3n) is 1.99. The summed E-state index contributed by atoms with van der Waals surface area (Å²) in [6.07, 6.45) is 0.834. The fourth-order valence-electron chi connectivity index (χ4n) is 1.16. The van der Waals surface area contributed by atoms with E-state index in [4.69, 9.17) is 16.7 Å². The van der Waals surface area contributed by atoms with Crippen molar-refractivity contribution in [3.63, 3.8) is 0 Å². The van der Waals surface area contributed by atoms with Crippen molar-refractivity contribution in [2.45, 2.75) is 18.2 Å². The first-order chi connectivity index (χ1) is 8.13. The lowest BCUT2D eigenvalue weighted by Gasteiger charge is -2.09. The molecule has 1 aromatic heterocycles.